The molecule has 3 heterocycles. The normalized spacial score (nSPS) is 30.5. The number of benzene rings is 1. The lowest BCUT2D eigenvalue weighted by molar-refractivity contribution is -0.118. The van der Waals surface area contributed by atoms with Gasteiger partial charge in [-0.05, 0) is 79.8 Å². The van der Waals surface area contributed by atoms with Crippen molar-refractivity contribution in [3.05, 3.63) is 35.0 Å². The van der Waals surface area contributed by atoms with Gasteiger partial charge >= 0.3 is 0 Å². The number of halogens is 1. The summed E-state index contributed by atoms with van der Waals surface area (Å²) >= 11 is 6.68. The lowest BCUT2D eigenvalue weighted by Gasteiger charge is -2.43. The number of pyridine rings is 1. The molecule has 1 aromatic carbocycles. The third-order valence-corrected chi connectivity index (χ3v) is 8.29. The van der Waals surface area contributed by atoms with Crippen molar-refractivity contribution in [3.8, 4) is 0 Å². The maximum absolute atomic E-state index is 12.5. The second kappa shape index (κ2) is 7.94. The molecule has 3 unspecified atom stereocenters. The minimum Gasteiger partial charge on any atom is -0.389 e. The molecule has 1 aliphatic carbocycles. The first-order valence-corrected chi connectivity index (χ1v) is 12.0. The van der Waals surface area contributed by atoms with Gasteiger partial charge in [0.1, 0.15) is 5.82 Å². The number of aliphatic hydroxyl groups is 1. The maximum Gasteiger partial charge on any atom is 0.229 e. The van der Waals surface area contributed by atoms with E-state index in [4.69, 9.17) is 16.3 Å². The van der Waals surface area contributed by atoms with Crippen LogP contribution >= 0.6 is 11.6 Å². The number of rotatable bonds is 4. The summed E-state index contributed by atoms with van der Waals surface area (Å²) in [5.41, 5.74) is 0.945. The molecule has 5 rings (SSSR count). The molecule has 0 radical (unpaired) electrons. The van der Waals surface area contributed by atoms with E-state index >= 15 is 0 Å². The fourth-order valence-corrected chi connectivity index (χ4v) is 5.68. The van der Waals surface area contributed by atoms with E-state index in [1.165, 1.54) is 0 Å². The van der Waals surface area contributed by atoms with Crippen molar-refractivity contribution in [2.75, 3.05) is 31.6 Å². The topological polar surface area (TPSA) is 74.7 Å². The Bertz CT molecular complexity index is 1050. The van der Waals surface area contributed by atoms with Crippen molar-refractivity contribution in [2.24, 2.45) is 11.3 Å². The number of nitrogens with one attached hydrogen (secondary N) is 1. The Morgan fingerprint density at radius 1 is 1.22 bits per heavy atom. The predicted octanol–water partition coefficient (Wildman–Crippen LogP) is 4.20. The summed E-state index contributed by atoms with van der Waals surface area (Å²) in [7, 11) is 0. The van der Waals surface area contributed by atoms with Gasteiger partial charge in [-0.15, -0.1) is 0 Å². The molecule has 3 fully saturated rings. The molecule has 32 heavy (non-hydrogen) atoms. The molecule has 2 saturated heterocycles. The van der Waals surface area contributed by atoms with Gasteiger partial charge < -0.3 is 15.2 Å². The molecule has 172 valence electrons. The average molecular weight is 458 g/mol. The van der Waals surface area contributed by atoms with Crippen LogP contribution in [0.5, 0.6) is 0 Å². The molecule has 2 aromatic rings. The van der Waals surface area contributed by atoms with Crippen LogP contribution in [0.2, 0.25) is 5.02 Å². The smallest absolute Gasteiger partial charge is 0.229 e. The van der Waals surface area contributed by atoms with Crippen molar-refractivity contribution in [2.45, 2.75) is 57.6 Å². The average Bonchev–Trinajstić information content (AvgIpc) is 3.28. The number of hydrogen-bond acceptors (Lipinski definition) is 5. The Morgan fingerprint density at radius 2 is 1.94 bits per heavy atom. The first-order valence-electron chi connectivity index (χ1n) is 11.6. The number of hydrogen-bond donors (Lipinski definition) is 2. The molecule has 2 aliphatic heterocycles. The Balaban J connectivity index is 1.32. The number of carbonyl (C=O) groups excluding carboxylic acids is 1. The van der Waals surface area contributed by atoms with Gasteiger partial charge in [-0.25, -0.2) is 4.98 Å². The molecule has 3 aliphatic rings. The van der Waals surface area contributed by atoms with Gasteiger partial charge in [-0.3, -0.25) is 9.69 Å². The molecule has 1 saturated carbocycles. The summed E-state index contributed by atoms with van der Waals surface area (Å²) in [5.74, 6) is 1.08. The standard InChI is InChI=1S/C25H32ClN3O3/c1-24(2)11-19(24)23(31)28-22-10-16-8-18(20(26)9-17(16)12-27-22)15-4-6-29(7-5-15)25(3)14-32-13-21(25)30/h8-10,12,15,19,21,30H,4-7,11,13-14H2,1-3H3,(H,27,28,31). The van der Waals surface area contributed by atoms with Crippen LogP contribution in [0.25, 0.3) is 10.8 Å². The first-order chi connectivity index (χ1) is 15.2. The number of anilines is 1. The van der Waals surface area contributed by atoms with Crippen molar-refractivity contribution in [1.29, 1.82) is 0 Å². The number of ether oxygens (including phenoxy) is 1. The van der Waals surface area contributed by atoms with Gasteiger partial charge in [0, 0.05) is 22.5 Å². The van der Waals surface area contributed by atoms with Crippen LogP contribution in [0.4, 0.5) is 5.82 Å². The van der Waals surface area contributed by atoms with E-state index in [9.17, 15) is 9.90 Å². The lowest BCUT2D eigenvalue weighted by Crippen LogP contribution is -2.56. The van der Waals surface area contributed by atoms with Gasteiger partial charge in [0.2, 0.25) is 5.91 Å². The van der Waals surface area contributed by atoms with E-state index in [-0.39, 0.29) is 22.8 Å². The van der Waals surface area contributed by atoms with Gasteiger partial charge in [0.15, 0.2) is 0 Å². The summed E-state index contributed by atoms with van der Waals surface area (Å²) in [4.78, 5) is 19.3. The highest BCUT2D eigenvalue weighted by atomic mass is 35.5. The fourth-order valence-electron chi connectivity index (χ4n) is 5.35. The van der Waals surface area contributed by atoms with E-state index < -0.39 is 6.10 Å². The van der Waals surface area contributed by atoms with Crippen LogP contribution in [-0.4, -0.2) is 58.8 Å². The Labute approximate surface area is 194 Å². The van der Waals surface area contributed by atoms with Crippen LogP contribution in [0, 0.1) is 11.3 Å². The van der Waals surface area contributed by atoms with Crippen molar-refractivity contribution < 1.29 is 14.6 Å². The highest BCUT2D eigenvalue weighted by Crippen LogP contribution is 2.52. The molecule has 3 atom stereocenters. The molecular weight excluding hydrogens is 426 g/mol. The number of aromatic nitrogens is 1. The number of aliphatic hydroxyl groups excluding tert-OH is 1. The Hall–Kier alpha value is -1.73. The maximum atomic E-state index is 12.5. The summed E-state index contributed by atoms with van der Waals surface area (Å²) in [6, 6.07) is 6.09. The largest absolute Gasteiger partial charge is 0.389 e. The van der Waals surface area contributed by atoms with E-state index in [0.717, 1.165) is 53.7 Å². The van der Waals surface area contributed by atoms with Gasteiger partial charge in [-0.2, -0.15) is 0 Å². The van der Waals surface area contributed by atoms with Crippen molar-refractivity contribution in [3.63, 3.8) is 0 Å². The molecule has 2 N–H and O–H groups in total. The molecule has 0 bridgehead atoms. The van der Waals surface area contributed by atoms with Gasteiger partial charge in [-0.1, -0.05) is 25.4 Å². The van der Waals surface area contributed by atoms with E-state index in [2.05, 4.69) is 42.0 Å². The first kappa shape index (κ1) is 22.1. The van der Waals surface area contributed by atoms with E-state index in [1.54, 1.807) is 6.20 Å². The quantitative estimate of drug-likeness (QED) is 0.719. The highest BCUT2D eigenvalue weighted by molar-refractivity contribution is 6.32. The number of likely N-dealkylation sites (tertiary alicyclic amines) is 1. The van der Waals surface area contributed by atoms with Crippen molar-refractivity contribution >= 4 is 34.1 Å². The van der Waals surface area contributed by atoms with Crippen LogP contribution in [0.1, 0.15) is 51.5 Å². The SMILES string of the molecule is CC1(C)CC1C(=O)Nc1cc2cc(C3CCN(C4(C)COCC4O)CC3)c(Cl)cc2cn1. The van der Waals surface area contributed by atoms with Crippen LogP contribution in [-0.2, 0) is 9.53 Å². The Morgan fingerprint density at radius 3 is 2.56 bits per heavy atom. The zero-order valence-electron chi connectivity index (χ0n) is 19.0. The zero-order chi connectivity index (χ0) is 22.7. The molecule has 7 heteroatoms. The number of nitrogens with zero attached hydrogens (tertiary/aromatic N) is 2. The van der Waals surface area contributed by atoms with Crippen LogP contribution in [0.3, 0.4) is 0 Å². The third-order valence-electron chi connectivity index (χ3n) is 7.96. The number of fused-ring (bicyclic) bond motifs is 1. The summed E-state index contributed by atoms with van der Waals surface area (Å²) < 4.78 is 5.52. The predicted molar refractivity (Wildman–Crippen MR) is 126 cm³/mol. The van der Waals surface area contributed by atoms with Crippen LogP contribution < -0.4 is 5.32 Å². The number of carbonyl (C=O) groups is 1. The second-order valence-corrected chi connectivity index (χ2v) is 11.1. The molecule has 1 amide bonds. The molecule has 1 aromatic heterocycles. The molecular formula is C25H32ClN3O3. The summed E-state index contributed by atoms with van der Waals surface area (Å²) in [6.07, 6.45) is 4.24. The molecule has 0 spiro atoms. The number of piperidine rings is 1. The minimum atomic E-state index is -0.439. The fraction of sp³-hybridized carbons (Fsp3) is 0.600. The Kier molecular flexibility index (Phi) is 5.48. The van der Waals surface area contributed by atoms with Crippen molar-refractivity contribution in [1.82, 2.24) is 9.88 Å². The van der Waals surface area contributed by atoms with Gasteiger partial charge in [0.25, 0.3) is 0 Å². The number of amides is 1. The lowest BCUT2D eigenvalue weighted by atomic mass is 9.85. The summed E-state index contributed by atoms with van der Waals surface area (Å²) in [6.45, 7) is 9.14. The van der Waals surface area contributed by atoms with E-state index in [1.807, 2.05) is 12.1 Å². The zero-order valence-corrected chi connectivity index (χ0v) is 19.8. The monoisotopic (exact) mass is 457 g/mol. The minimum absolute atomic E-state index is 0.0509. The van der Waals surface area contributed by atoms with E-state index in [0.29, 0.717) is 24.9 Å². The highest BCUT2D eigenvalue weighted by Gasteiger charge is 2.50. The van der Waals surface area contributed by atoms with Gasteiger partial charge in [0.05, 0.1) is 24.9 Å². The molecule has 6 nitrogen and oxygen atoms in total. The third kappa shape index (κ3) is 3.92. The second-order valence-electron chi connectivity index (χ2n) is 10.7. The van der Waals surface area contributed by atoms with Crippen LogP contribution in [0.15, 0.2) is 24.4 Å². The summed E-state index contributed by atoms with van der Waals surface area (Å²) in [5, 5.41) is 16.1.